The van der Waals surface area contributed by atoms with Crippen LogP contribution in [0.25, 0.3) is 0 Å². The van der Waals surface area contributed by atoms with E-state index in [1.165, 1.54) is 11.3 Å². The number of thiophene rings is 1. The molecule has 0 bridgehead atoms. The third-order valence-electron chi connectivity index (χ3n) is 4.29. The van der Waals surface area contributed by atoms with Gasteiger partial charge in [0.05, 0.1) is 16.5 Å². The quantitative estimate of drug-likeness (QED) is 0.923. The topological polar surface area (TPSA) is 102 Å². The van der Waals surface area contributed by atoms with Gasteiger partial charge in [0, 0.05) is 17.8 Å². The van der Waals surface area contributed by atoms with Gasteiger partial charge in [-0.15, -0.1) is 11.3 Å². The van der Waals surface area contributed by atoms with E-state index >= 15 is 0 Å². The summed E-state index contributed by atoms with van der Waals surface area (Å²) in [6, 6.07) is 1.40. The van der Waals surface area contributed by atoms with E-state index in [0.29, 0.717) is 34.6 Å². The Morgan fingerprint density at radius 1 is 1.35 bits per heavy atom. The first-order chi connectivity index (χ1) is 11.1. The lowest BCUT2D eigenvalue weighted by Crippen LogP contribution is -2.30. The van der Waals surface area contributed by atoms with Gasteiger partial charge in [0.15, 0.2) is 5.82 Å². The molecule has 7 nitrogen and oxygen atoms in total. The fourth-order valence-electron chi connectivity index (χ4n) is 2.88. The molecule has 23 heavy (non-hydrogen) atoms. The molecule has 1 saturated carbocycles. The van der Waals surface area contributed by atoms with E-state index < -0.39 is 5.91 Å². The highest BCUT2D eigenvalue weighted by atomic mass is 32.1. The standard InChI is InChI=1S/C15H16N4O3S/c16-12(20)9-6-11(23-7-9)15(21)19-5-1-2-10(19)13-17-14(22-18-13)8-3-4-8/h6-8,10H,1-5H2,(H2,16,20). The van der Waals surface area contributed by atoms with Gasteiger partial charge in [0.1, 0.15) is 0 Å². The van der Waals surface area contributed by atoms with Crippen molar-refractivity contribution in [1.29, 1.82) is 0 Å². The lowest BCUT2D eigenvalue weighted by molar-refractivity contribution is 0.0733. The maximum atomic E-state index is 12.7. The zero-order chi connectivity index (χ0) is 16.0. The van der Waals surface area contributed by atoms with Crippen LogP contribution in [0.1, 0.15) is 69.4 Å². The van der Waals surface area contributed by atoms with Gasteiger partial charge in [0.25, 0.3) is 5.91 Å². The maximum absolute atomic E-state index is 12.7. The molecule has 0 spiro atoms. The Bertz CT molecular complexity index is 764. The van der Waals surface area contributed by atoms with Crippen LogP contribution in [0.5, 0.6) is 0 Å². The normalized spacial score (nSPS) is 20.9. The molecular formula is C15H16N4O3S. The van der Waals surface area contributed by atoms with Crippen molar-refractivity contribution in [2.24, 2.45) is 5.73 Å². The summed E-state index contributed by atoms with van der Waals surface area (Å²) in [6.45, 7) is 0.653. The fourth-order valence-corrected chi connectivity index (χ4v) is 3.73. The van der Waals surface area contributed by atoms with E-state index in [9.17, 15) is 9.59 Å². The van der Waals surface area contributed by atoms with Gasteiger partial charge in [-0.25, -0.2) is 0 Å². The van der Waals surface area contributed by atoms with Crippen molar-refractivity contribution in [2.75, 3.05) is 6.54 Å². The zero-order valence-corrected chi connectivity index (χ0v) is 13.2. The van der Waals surface area contributed by atoms with Gasteiger partial charge in [-0.05, 0) is 31.7 Å². The number of amides is 2. The van der Waals surface area contributed by atoms with E-state index in [-0.39, 0.29) is 11.9 Å². The highest BCUT2D eigenvalue weighted by molar-refractivity contribution is 7.12. The molecule has 3 heterocycles. The molecule has 0 aromatic carbocycles. The average molecular weight is 332 g/mol. The van der Waals surface area contributed by atoms with Gasteiger partial charge >= 0.3 is 0 Å². The van der Waals surface area contributed by atoms with Crippen molar-refractivity contribution in [1.82, 2.24) is 15.0 Å². The molecule has 2 amide bonds. The van der Waals surface area contributed by atoms with Gasteiger partial charge in [0.2, 0.25) is 11.8 Å². The average Bonchev–Trinajstić information content (AvgIpc) is 3.02. The smallest absolute Gasteiger partial charge is 0.264 e. The number of likely N-dealkylation sites (tertiary alicyclic amines) is 1. The van der Waals surface area contributed by atoms with Crippen LogP contribution < -0.4 is 5.73 Å². The Hall–Kier alpha value is -2.22. The number of hydrogen-bond donors (Lipinski definition) is 1. The molecule has 2 aromatic heterocycles. The van der Waals surface area contributed by atoms with Crippen LogP contribution in [0.2, 0.25) is 0 Å². The first-order valence-corrected chi connectivity index (χ1v) is 8.54. The second-order valence-corrected chi connectivity index (χ2v) is 6.90. The number of aromatic nitrogens is 2. The highest BCUT2D eigenvalue weighted by Gasteiger charge is 2.36. The van der Waals surface area contributed by atoms with Crippen molar-refractivity contribution in [3.8, 4) is 0 Å². The highest BCUT2D eigenvalue weighted by Crippen LogP contribution is 2.40. The van der Waals surface area contributed by atoms with Crippen LogP contribution >= 0.6 is 11.3 Å². The predicted molar refractivity (Wildman–Crippen MR) is 82.1 cm³/mol. The first kappa shape index (κ1) is 14.4. The second-order valence-electron chi connectivity index (χ2n) is 5.99. The summed E-state index contributed by atoms with van der Waals surface area (Å²) in [5, 5.41) is 5.68. The van der Waals surface area contributed by atoms with Crippen LogP contribution in [0, 0.1) is 0 Å². The van der Waals surface area contributed by atoms with Crippen LogP contribution in [0.4, 0.5) is 0 Å². The number of nitrogens with zero attached hydrogens (tertiary/aromatic N) is 3. The fraction of sp³-hybridized carbons (Fsp3) is 0.467. The van der Waals surface area contributed by atoms with Crippen molar-refractivity contribution >= 4 is 23.2 Å². The maximum Gasteiger partial charge on any atom is 0.264 e. The molecule has 2 fully saturated rings. The molecule has 2 N–H and O–H groups in total. The Morgan fingerprint density at radius 3 is 2.87 bits per heavy atom. The summed E-state index contributed by atoms with van der Waals surface area (Å²) in [5.41, 5.74) is 5.61. The number of primary amides is 1. The monoisotopic (exact) mass is 332 g/mol. The molecule has 1 aliphatic heterocycles. The molecule has 8 heteroatoms. The summed E-state index contributed by atoms with van der Waals surface area (Å²) in [7, 11) is 0. The van der Waals surface area contributed by atoms with E-state index in [1.54, 1.807) is 16.3 Å². The Balaban J connectivity index is 1.55. The number of rotatable bonds is 4. The summed E-state index contributed by atoms with van der Waals surface area (Å²) in [4.78, 5) is 30.7. The molecule has 2 aliphatic rings. The molecule has 4 rings (SSSR count). The lowest BCUT2D eigenvalue weighted by Gasteiger charge is -2.21. The molecule has 120 valence electrons. The minimum Gasteiger partial charge on any atom is -0.366 e. The predicted octanol–water partition coefficient (Wildman–Crippen LogP) is 2.08. The van der Waals surface area contributed by atoms with Gasteiger partial charge in [-0.3, -0.25) is 9.59 Å². The van der Waals surface area contributed by atoms with Gasteiger partial charge < -0.3 is 15.2 Å². The summed E-state index contributed by atoms with van der Waals surface area (Å²) in [6.07, 6.45) is 3.92. The summed E-state index contributed by atoms with van der Waals surface area (Å²) < 4.78 is 5.31. The number of carbonyl (C=O) groups excluding carboxylic acids is 2. The van der Waals surface area contributed by atoms with Crippen molar-refractivity contribution in [3.05, 3.63) is 33.6 Å². The van der Waals surface area contributed by atoms with E-state index in [2.05, 4.69) is 10.1 Å². The van der Waals surface area contributed by atoms with Crippen LogP contribution in [0.3, 0.4) is 0 Å². The Morgan fingerprint density at radius 2 is 2.17 bits per heavy atom. The third kappa shape index (κ3) is 2.63. The molecule has 1 aliphatic carbocycles. The second kappa shape index (κ2) is 5.45. The van der Waals surface area contributed by atoms with Crippen LogP contribution in [0.15, 0.2) is 16.0 Å². The SMILES string of the molecule is NC(=O)c1csc(C(=O)N2CCCC2c2noc(C3CC3)n2)c1. The van der Waals surface area contributed by atoms with E-state index in [0.717, 1.165) is 25.7 Å². The minimum atomic E-state index is -0.523. The first-order valence-electron chi connectivity index (χ1n) is 7.66. The third-order valence-corrected chi connectivity index (χ3v) is 5.21. The van der Waals surface area contributed by atoms with Crippen molar-refractivity contribution in [2.45, 2.75) is 37.6 Å². The van der Waals surface area contributed by atoms with Gasteiger partial charge in [-0.2, -0.15) is 4.98 Å². The Kier molecular flexibility index (Phi) is 3.41. The number of nitrogens with two attached hydrogens (primary N) is 1. The molecule has 1 atom stereocenters. The number of hydrogen-bond acceptors (Lipinski definition) is 6. The summed E-state index contributed by atoms with van der Waals surface area (Å²) >= 11 is 1.23. The zero-order valence-electron chi connectivity index (χ0n) is 12.4. The van der Waals surface area contributed by atoms with Crippen LogP contribution in [-0.2, 0) is 0 Å². The van der Waals surface area contributed by atoms with E-state index in [4.69, 9.17) is 10.3 Å². The largest absolute Gasteiger partial charge is 0.366 e. The number of carbonyl (C=O) groups is 2. The molecule has 0 radical (unpaired) electrons. The van der Waals surface area contributed by atoms with Crippen LogP contribution in [-0.4, -0.2) is 33.4 Å². The molecular weight excluding hydrogens is 316 g/mol. The summed E-state index contributed by atoms with van der Waals surface area (Å²) in [5.74, 6) is 1.04. The van der Waals surface area contributed by atoms with Crippen molar-refractivity contribution < 1.29 is 14.1 Å². The van der Waals surface area contributed by atoms with E-state index in [1.807, 2.05) is 0 Å². The molecule has 2 aromatic rings. The van der Waals surface area contributed by atoms with Crippen molar-refractivity contribution in [3.63, 3.8) is 0 Å². The molecule has 1 unspecified atom stereocenters. The molecule has 1 saturated heterocycles. The lowest BCUT2D eigenvalue weighted by atomic mass is 10.2. The minimum absolute atomic E-state index is 0.109. The van der Waals surface area contributed by atoms with Gasteiger partial charge in [-0.1, -0.05) is 5.16 Å². The Labute approximate surface area is 136 Å².